The zero-order chi connectivity index (χ0) is 27.2. The summed E-state index contributed by atoms with van der Waals surface area (Å²) in [6, 6.07) is 9.54. The molecule has 0 bridgehead atoms. The molecule has 2 aromatic heterocycles. The third kappa shape index (κ3) is 7.10. The summed E-state index contributed by atoms with van der Waals surface area (Å²) in [6.45, 7) is 5.91. The van der Waals surface area contributed by atoms with Crippen LogP contribution in [0.5, 0.6) is 0 Å². The molecule has 1 atom stereocenters. The molecule has 1 aliphatic rings. The molecule has 12 heteroatoms. The summed E-state index contributed by atoms with van der Waals surface area (Å²) >= 11 is 3.16. The third-order valence-electron chi connectivity index (χ3n) is 6.41. The van der Waals surface area contributed by atoms with Crippen LogP contribution in [-0.4, -0.2) is 54.9 Å². The zero-order valence-corrected chi connectivity index (χ0v) is 21.5. The molecule has 1 aromatic carbocycles. The van der Waals surface area contributed by atoms with Gasteiger partial charge in [0.2, 0.25) is 0 Å². The molecule has 0 amide bonds. The van der Waals surface area contributed by atoms with Crippen molar-refractivity contribution in [3.05, 3.63) is 74.6 Å². The second-order valence-electron chi connectivity index (χ2n) is 8.77. The van der Waals surface area contributed by atoms with Crippen molar-refractivity contribution in [3.63, 3.8) is 0 Å². The largest absolute Gasteiger partial charge is 0.539 e. The fourth-order valence-corrected chi connectivity index (χ4v) is 5.86. The molecule has 4 rings (SSSR count). The Hall–Kier alpha value is -2.93. The number of carboxylic acid groups (broad SMARTS) is 2. The standard InChI is InChI=1S/C23H25F3N2OS2.C2H2O4/c1-17(22(29,19-5-11-30-15-19)20-6-12-31-16-20)14-27-7-9-28(10-8-27)21-4-2-3-18(13-21)23(24,25)26;3-1(4)2(5)6/h2-6,11-13,15-17,29H,7-10,14H2,1H3;(H,3,4)(H,5,6). The lowest BCUT2D eigenvalue weighted by molar-refractivity contribution is -0.904. The van der Waals surface area contributed by atoms with Gasteiger partial charge in [0.15, 0.2) is 5.97 Å². The number of anilines is 1. The number of halogens is 3. The highest BCUT2D eigenvalue weighted by molar-refractivity contribution is 7.08. The number of alkyl halides is 3. The molecule has 1 unspecified atom stereocenters. The van der Waals surface area contributed by atoms with Gasteiger partial charge in [0.25, 0.3) is 0 Å². The van der Waals surface area contributed by atoms with E-state index in [9.17, 15) is 18.3 Å². The summed E-state index contributed by atoms with van der Waals surface area (Å²) in [6.07, 6.45) is -4.33. The predicted octanol–water partition coefficient (Wildman–Crippen LogP) is 1.93. The van der Waals surface area contributed by atoms with Crippen LogP contribution in [0.25, 0.3) is 0 Å². The van der Waals surface area contributed by atoms with Gasteiger partial charge in [0.05, 0.1) is 38.3 Å². The molecule has 0 radical (unpaired) electrons. The number of nitrogens with zero attached hydrogens (tertiary/aromatic N) is 1. The minimum absolute atomic E-state index is 0.00759. The van der Waals surface area contributed by atoms with Crippen LogP contribution in [0.1, 0.15) is 23.6 Å². The van der Waals surface area contributed by atoms with E-state index < -0.39 is 29.3 Å². The molecule has 3 aromatic rings. The van der Waals surface area contributed by atoms with Gasteiger partial charge in [-0.3, -0.25) is 0 Å². The first-order chi connectivity index (χ1) is 17.4. The van der Waals surface area contributed by atoms with E-state index in [0.717, 1.165) is 36.8 Å². The molecule has 0 aliphatic carbocycles. The van der Waals surface area contributed by atoms with Crippen molar-refractivity contribution in [1.82, 2.24) is 0 Å². The summed E-state index contributed by atoms with van der Waals surface area (Å²) in [4.78, 5) is 21.4. The van der Waals surface area contributed by atoms with E-state index in [4.69, 9.17) is 19.8 Å². The van der Waals surface area contributed by atoms with Crippen LogP contribution in [0, 0.1) is 5.92 Å². The van der Waals surface area contributed by atoms with Gasteiger partial charge in [-0.25, -0.2) is 4.79 Å². The van der Waals surface area contributed by atoms with Crippen LogP contribution in [0.2, 0.25) is 0 Å². The maximum atomic E-state index is 13.0. The number of hydrogen-bond donors (Lipinski definition) is 3. The Morgan fingerprint density at radius 1 is 1.05 bits per heavy atom. The van der Waals surface area contributed by atoms with Gasteiger partial charge in [-0.15, -0.1) is 0 Å². The maximum Gasteiger partial charge on any atom is 0.416 e. The average Bonchev–Trinajstić information content (AvgIpc) is 3.59. The Balaban J connectivity index is 0.000000568. The van der Waals surface area contributed by atoms with Gasteiger partial charge in [-0.1, -0.05) is 13.0 Å². The van der Waals surface area contributed by atoms with E-state index in [-0.39, 0.29) is 5.92 Å². The lowest BCUT2D eigenvalue weighted by Gasteiger charge is -2.39. The van der Waals surface area contributed by atoms with Crippen molar-refractivity contribution in [2.24, 2.45) is 5.92 Å². The van der Waals surface area contributed by atoms with Crippen LogP contribution >= 0.6 is 22.7 Å². The molecule has 3 N–H and O–H groups in total. The van der Waals surface area contributed by atoms with Gasteiger partial charge in [-0.2, -0.15) is 35.8 Å². The monoisotopic (exact) mass is 556 g/mol. The fraction of sp³-hybridized carbons (Fsp3) is 0.360. The number of carbonyl (C=O) groups is 2. The average molecular weight is 557 g/mol. The summed E-state index contributed by atoms with van der Waals surface area (Å²) in [7, 11) is 0. The van der Waals surface area contributed by atoms with Gasteiger partial charge < -0.3 is 29.9 Å². The molecule has 1 fully saturated rings. The van der Waals surface area contributed by atoms with Crippen LogP contribution in [-0.2, 0) is 21.4 Å². The Labute approximate surface area is 220 Å². The van der Waals surface area contributed by atoms with E-state index in [0.29, 0.717) is 18.8 Å². The quantitative estimate of drug-likeness (QED) is 0.401. The molecule has 1 aliphatic heterocycles. The predicted molar refractivity (Wildman–Crippen MR) is 133 cm³/mol. The Morgan fingerprint density at radius 2 is 1.59 bits per heavy atom. The summed E-state index contributed by atoms with van der Waals surface area (Å²) in [5, 5.41) is 36.1. The van der Waals surface area contributed by atoms with E-state index in [1.165, 1.54) is 17.0 Å². The number of nitrogens with one attached hydrogen (secondary N) is 1. The number of aliphatic carboxylic acids is 2. The molecular weight excluding hydrogens is 529 g/mol. The van der Waals surface area contributed by atoms with Crippen molar-refractivity contribution < 1.29 is 43.0 Å². The minimum Gasteiger partial charge on any atom is -0.539 e. The first-order valence-corrected chi connectivity index (χ1v) is 13.3. The van der Waals surface area contributed by atoms with Gasteiger partial charge in [-0.05, 0) is 63.0 Å². The first kappa shape index (κ1) is 28.6. The first-order valence-electron chi connectivity index (χ1n) is 11.4. The van der Waals surface area contributed by atoms with Crippen LogP contribution in [0.15, 0.2) is 57.9 Å². The SMILES string of the molecule is CC(C[NH+]1CCN(c2cccc(C(F)(F)F)c2)CC1)C(O)(c1ccsc1)c1ccsc1.O=C([O-])C(=O)O. The van der Waals surface area contributed by atoms with Crippen molar-refractivity contribution >= 4 is 40.3 Å². The molecule has 3 heterocycles. The number of hydrogen-bond acceptors (Lipinski definition) is 7. The van der Waals surface area contributed by atoms with Crippen molar-refractivity contribution in [2.45, 2.75) is 18.7 Å². The second kappa shape index (κ2) is 12.1. The number of rotatable bonds is 6. The van der Waals surface area contributed by atoms with E-state index in [1.807, 2.05) is 38.6 Å². The summed E-state index contributed by atoms with van der Waals surface area (Å²) in [5.41, 5.74) is 0.821. The number of piperazine rings is 1. The van der Waals surface area contributed by atoms with E-state index in [1.54, 1.807) is 28.7 Å². The van der Waals surface area contributed by atoms with Gasteiger partial charge in [0, 0.05) is 11.6 Å². The molecule has 37 heavy (non-hydrogen) atoms. The number of thiophene rings is 2. The minimum atomic E-state index is -4.33. The lowest BCUT2D eigenvalue weighted by Crippen LogP contribution is -3.15. The zero-order valence-electron chi connectivity index (χ0n) is 19.9. The Bertz CT molecular complexity index is 1120. The van der Waals surface area contributed by atoms with Crippen LogP contribution in [0.4, 0.5) is 18.9 Å². The lowest BCUT2D eigenvalue weighted by atomic mass is 9.79. The maximum absolute atomic E-state index is 13.0. The highest BCUT2D eigenvalue weighted by Gasteiger charge is 2.41. The normalized spacial score (nSPS) is 15.5. The number of carbonyl (C=O) groups excluding carboxylic acids is 1. The molecular formula is C25H27F3N2O5S2. The summed E-state index contributed by atoms with van der Waals surface area (Å²) in [5.74, 6) is -4.02. The van der Waals surface area contributed by atoms with Crippen molar-refractivity contribution in [2.75, 3.05) is 37.6 Å². The molecule has 0 spiro atoms. The van der Waals surface area contributed by atoms with Gasteiger partial charge >= 0.3 is 12.1 Å². The second-order valence-corrected chi connectivity index (χ2v) is 10.3. The number of carboxylic acids is 2. The number of quaternary nitrogens is 1. The molecule has 1 saturated heterocycles. The number of aliphatic hydroxyl groups is 1. The highest BCUT2D eigenvalue weighted by atomic mass is 32.1. The van der Waals surface area contributed by atoms with Crippen molar-refractivity contribution in [1.29, 1.82) is 0 Å². The van der Waals surface area contributed by atoms with Crippen LogP contribution < -0.4 is 14.9 Å². The topological polar surface area (TPSA) is 105 Å². The van der Waals surface area contributed by atoms with E-state index in [2.05, 4.69) is 6.92 Å². The fourth-order valence-electron chi connectivity index (χ4n) is 4.44. The Kier molecular flexibility index (Phi) is 9.35. The van der Waals surface area contributed by atoms with E-state index >= 15 is 0 Å². The summed E-state index contributed by atoms with van der Waals surface area (Å²) < 4.78 is 39.1. The Morgan fingerprint density at radius 3 is 2.03 bits per heavy atom. The third-order valence-corrected chi connectivity index (χ3v) is 7.78. The molecule has 7 nitrogen and oxygen atoms in total. The van der Waals surface area contributed by atoms with Gasteiger partial charge in [0.1, 0.15) is 5.60 Å². The number of benzene rings is 1. The molecule has 0 saturated carbocycles. The smallest absolute Gasteiger partial charge is 0.416 e. The highest BCUT2D eigenvalue weighted by Crippen LogP contribution is 2.38. The molecule has 200 valence electrons. The van der Waals surface area contributed by atoms with Crippen molar-refractivity contribution in [3.8, 4) is 0 Å². The van der Waals surface area contributed by atoms with Crippen LogP contribution in [0.3, 0.4) is 0 Å².